The molecular weight excluding hydrogens is 847 g/mol. The first-order valence-corrected chi connectivity index (χ1v) is 22.6. The number of nitrogens with zero attached hydrogens (tertiary/aromatic N) is 9. The lowest BCUT2D eigenvalue weighted by Crippen LogP contribution is -2.50. The third kappa shape index (κ3) is 6.22. The number of imidazole rings is 1. The standard InChI is InChI=1S/C49H52F2N10O5/c1-26-19-33(20-27(2)41(26)50)61-43(59-17-16-58(47(59)64)38-12-11-37-34(42(38)51)25-52-55(37)7)40-29(4)57(15-13-35(40)54-61)44(62)39-22-32-21-30(31-14-18-65-48(5,6)24-31)9-10-36(32)60(39)49(23-28(49)3)45-53-46(63)66-56(45)8/h9-12,16-17,19-22,25,28-29,31,45H,13-15,18,23-24H2,1-8H3,(H,53,63)/t28-,29-,31-,45?,49-/m0/s1. The summed E-state index contributed by atoms with van der Waals surface area (Å²) < 4.78 is 45.4. The topological polar surface area (TPSA) is 139 Å². The van der Waals surface area contributed by atoms with Gasteiger partial charge in [0.1, 0.15) is 23.5 Å². The van der Waals surface area contributed by atoms with Crippen LogP contribution in [0.5, 0.6) is 0 Å². The van der Waals surface area contributed by atoms with Gasteiger partial charge in [0.05, 0.1) is 51.4 Å². The monoisotopic (exact) mass is 898 g/mol. The number of benzene rings is 3. The van der Waals surface area contributed by atoms with Crippen LogP contribution in [0.3, 0.4) is 0 Å². The Bertz CT molecular complexity index is 3230. The van der Waals surface area contributed by atoms with Crippen LogP contribution in [0.1, 0.15) is 97.4 Å². The van der Waals surface area contributed by atoms with E-state index in [9.17, 15) is 9.59 Å². The van der Waals surface area contributed by atoms with E-state index >= 15 is 13.6 Å². The molecule has 11 rings (SSSR count). The Labute approximate surface area is 379 Å². The van der Waals surface area contributed by atoms with Crippen molar-refractivity contribution in [3.8, 4) is 17.2 Å². The van der Waals surface area contributed by atoms with Crippen LogP contribution in [0, 0.1) is 31.4 Å². The summed E-state index contributed by atoms with van der Waals surface area (Å²) in [5.41, 5.74) is 4.26. The summed E-state index contributed by atoms with van der Waals surface area (Å²) in [5.74, 6) is -0.459. The first-order chi connectivity index (χ1) is 31.5. The van der Waals surface area contributed by atoms with Gasteiger partial charge in [0.15, 0.2) is 5.82 Å². The molecule has 66 heavy (non-hydrogen) atoms. The number of likely N-dealkylation sites (N-methyl/N-ethyl adjacent to an activating group) is 1. The van der Waals surface area contributed by atoms with Crippen molar-refractivity contribution in [1.82, 2.24) is 48.5 Å². The number of fused-ring (bicyclic) bond motifs is 3. The van der Waals surface area contributed by atoms with E-state index < -0.39 is 35.3 Å². The van der Waals surface area contributed by atoms with E-state index in [2.05, 4.69) is 54.0 Å². The second-order valence-corrected chi connectivity index (χ2v) is 19.4. The third-order valence-electron chi connectivity index (χ3n) is 14.8. The number of halogens is 2. The van der Waals surface area contributed by atoms with E-state index in [0.717, 1.165) is 23.7 Å². The van der Waals surface area contributed by atoms with Crippen LogP contribution in [0.2, 0.25) is 0 Å². The number of ether oxygens (including phenoxy) is 1. The fraction of sp³-hybridized carbons (Fsp3) is 0.408. The van der Waals surface area contributed by atoms with Crippen molar-refractivity contribution in [2.75, 3.05) is 20.2 Å². The molecule has 3 aromatic carbocycles. The van der Waals surface area contributed by atoms with Crippen molar-refractivity contribution >= 4 is 33.8 Å². The van der Waals surface area contributed by atoms with Gasteiger partial charge in [-0.25, -0.2) is 23.1 Å². The zero-order chi connectivity index (χ0) is 46.3. The molecule has 1 aliphatic carbocycles. The number of carbonyl (C=O) groups excluding carboxylic acids is 2. The van der Waals surface area contributed by atoms with Gasteiger partial charge in [-0.3, -0.25) is 23.9 Å². The Morgan fingerprint density at radius 2 is 1.65 bits per heavy atom. The number of aryl methyl sites for hydroxylation is 3. The summed E-state index contributed by atoms with van der Waals surface area (Å²) in [6.45, 7) is 12.6. The molecule has 342 valence electrons. The molecule has 2 amide bonds. The van der Waals surface area contributed by atoms with Crippen LogP contribution < -0.4 is 11.0 Å². The Hall–Kier alpha value is -6.59. The zero-order valence-electron chi connectivity index (χ0n) is 38.2. The molecule has 1 unspecified atom stereocenters. The molecule has 0 bridgehead atoms. The van der Waals surface area contributed by atoms with Gasteiger partial charge in [-0.15, -0.1) is 5.06 Å². The summed E-state index contributed by atoms with van der Waals surface area (Å²) in [4.78, 5) is 50.4. The molecule has 17 heteroatoms. The van der Waals surface area contributed by atoms with Gasteiger partial charge in [0, 0.05) is 62.5 Å². The number of rotatable bonds is 7. The normalized spacial score (nSPS) is 24.0. The number of amides is 2. The minimum Gasteiger partial charge on any atom is -0.376 e. The number of nitrogens with one attached hydrogen (secondary N) is 1. The molecule has 3 aliphatic heterocycles. The molecular formula is C49H52F2N10O5. The average molecular weight is 899 g/mol. The molecule has 1 N–H and O–H groups in total. The number of hydroxylamine groups is 2. The Morgan fingerprint density at radius 3 is 2.35 bits per heavy atom. The molecule has 15 nitrogen and oxygen atoms in total. The summed E-state index contributed by atoms with van der Waals surface area (Å²) in [5, 5.41) is 15.0. The van der Waals surface area contributed by atoms with Gasteiger partial charge in [0.25, 0.3) is 5.91 Å². The quantitative estimate of drug-likeness (QED) is 0.173. The molecule has 2 saturated heterocycles. The summed E-state index contributed by atoms with van der Waals surface area (Å²) in [6.07, 6.45) is 6.22. The highest BCUT2D eigenvalue weighted by molar-refractivity contribution is 6.00. The molecule has 3 fully saturated rings. The van der Waals surface area contributed by atoms with Crippen molar-refractivity contribution in [3.05, 3.63) is 123 Å². The predicted molar refractivity (Wildman–Crippen MR) is 242 cm³/mol. The molecule has 7 aromatic rings. The Kier molecular flexibility index (Phi) is 9.38. The van der Waals surface area contributed by atoms with Crippen molar-refractivity contribution in [3.63, 3.8) is 0 Å². The zero-order valence-corrected chi connectivity index (χ0v) is 38.2. The van der Waals surface area contributed by atoms with Crippen LogP contribution in [0.15, 0.2) is 71.9 Å². The third-order valence-corrected chi connectivity index (χ3v) is 14.8. The SMILES string of the molecule is Cc1cc(-n2nc3c(c2-n2ccn(-c4ccc5c(cnn5C)c4F)c2=O)[C@H](C)N(C(=O)c2cc4cc([C@H]5CCOC(C)(C)C5)ccc4n2[C@@]2(C4NC(=O)ON4C)C[C@@H]2C)CC3)cc(C)c1F. The van der Waals surface area contributed by atoms with Gasteiger partial charge < -0.3 is 19.0 Å². The maximum absolute atomic E-state index is 16.2. The smallest absolute Gasteiger partial charge is 0.376 e. The first-order valence-electron chi connectivity index (χ1n) is 22.6. The molecule has 4 aromatic heterocycles. The minimum atomic E-state index is -0.710. The lowest BCUT2D eigenvalue weighted by Gasteiger charge is -2.36. The van der Waals surface area contributed by atoms with Gasteiger partial charge in [-0.05, 0) is 125 Å². The highest BCUT2D eigenvalue weighted by Crippen LogP contribution is 2.56. The number of hydrogen-bond acceptors (Lipinski definition) is 8. The van der Waals surface area contributed by atoms with Crippen LogP contribution in [0.25, 0.3) is 39.0 Å². The molecule has 7 heterocycles. The second kappa shape index (κ2) is 14.7. The van der Waals surface area contributed by atoms with E-state index in [1.165, 1.54) is 27.1 Å². The van der Waals surface area contributed by atoms with E-state index in [0.29, 0.717) is 71.1 Å². The lowest BCUT2D eigenvalue weighted by molar-refractivity contribution is -0.0840. The number of hydrogen-bond donors (Lipinski definition) is 1. The molecule has 0 radical (unpaired) electrons. The summed E-state index contributed by atoms with van der Waals surface area (Å²) in [6, 6.07) is 14.4. The van der Waals surface area contributed by atoms with Gasteiger partial charge in [0.2, 0.25) is 0 Å². The van der Waals surface area contributed by atoms with E-state index in [1.807, 2.05) is 17.9 Å². The number of aromatic nitrogens is 7. The molecule has 1 saturated carbocycles. The largest absolute Gasteiger partial charge is 0.427 e. The van der Waals surface area contributed by atoms with Crippen molar-refractivity contribution in [2.45, 2.75) is 96.5 Å². The maximum atomic E-state index is 16.2. The summed E-state index contributed by atoms with van der Waals surface area (Å²) in [7, 11) is 3.45. The van der Waals surface area contributed by atoms with Crippen molar-refractivity contribution in [2.24, 2.45) is 13.0 Å². The van der Waals surface area contributed by atoms with Crippen molar-refractivity contribution in [1.29, 1.82) is 0 Å². The predicted octanol–water partition coefficient (Wildman–Crippen LogP) is 7.63. The molecule has 4 aliphatic rings. The Balaban J connectivity index is 1.05. The Morgan fingerprint density at radius 1 is 0.924 bits per heavy atom. The van der Waals surface area contributed by atoms with Gasteiger partial charge in [-0.2, -0.15) is 10.2 Å². The van der Waals surface area contributed by atoms with Crippen LogP contribution in [-0.4, -0.2) is 87.2 Å². The fourth-order valence-electron chi connectivity index (χ4n) is 11.3. The van der Waals surface area contributed by atoms with Crippen LogP contribution in [-0.2, 0) is 28.6 Å². The van der Waals surface area contributed by atoms with Gasteiger partial charge >= 0.3 is 11.8 Å². The maximum Gasteiger partial charge on any atom is 0.427 e. The van der Waals surface area contributed by atoms with E-state index in [-0.39, 0.29) is 40.2 Å². The van der Waals surface area contributed by atoms with E-state index in [4.69, 9.17) is 14.7 Å². The average Bonchev–Trinajstić information content (AvgIpc) is 3.86. The van der Waals surface area contributed by atoms with Crippen molar-refractivity contribution < 1.29 is 27.9 Å². The lowest BCUT2D eigenvalue weighted by atomic mass is 9.83. The highest BCUT2D eigenvalue weighted by Gasteiger charge is 2.64. The summed E-state index contributed by atoms with van der Waals surface area (Å²) >= 11 is 0. The van der Waals surface area contributed by atoms with E-state index in [1.54, 1.807) is 72.8 Å². The first kappa shape index (κ1) is 42.1. The molecule has 5 atom stereocenters. The number of carbonyl (C=O) groups is 2. The minimum absolute atomic E-state index is 0.0479. The molecule has 0 spiro atoms. The van der Waals surface area contributed by atoms with Gasteiger partial charge in [-0.1, -0.05) is 13.0 Å². The second-order valence-electron chi connectivity index (χ2n) is 19.4. The highest BCUT2D eigenvalue weighted by atomic mass is 19.1. The van der Waals surface area contributed by atoms with Crippen LogP contribution >= 0.6 is 0 Å². The van der Waals surface area contributed by atoms with Crippen LogP contribution in [0.4, 0.5) is 13.6 Å². The fourth-order valence-corrected chi connectivity index (χ4v) is 11.3.